The Labute approximate surface area is 112 Å². The molecule has 0 saturated carbocycles. The molecule has 1 heterocycles. The highest BCUT2D eigenvalue weighted by atomic mass is 19.1. The zero-order valence-electron chi connectivity index (χ0n) is 11.4. The van der Waals surface area contributed by atoms with Crippen molar-refractivity contribution in [2.75, 3.05) is 33.3 Å². The summed E-state index contributed by atoms with van der Waals surface area (Å²) in [6.45, 7) is 5.25. The zero-order valence-corrected chi connectivity index (χ0v) is 11.4. The van der Waals surface area contributed by atoms with Gasteiger partial charge in [-0.15, -0.1) is 0 Å². The van der Waals surface area contributed by atoms with Crippen LogP contribution in [0.15, 0.2) is 12.1 Å². The first-order valence-corrected chi connectivity index (χ1v) is 6.65. The van der Waals surface area contributed by atoms with Crippen molar-refractivity contribution >= 4 is 0 Å². The first kappa shape index (κ1) is 14.2. The van der Waals surface area contributed by atoms with Crippen molar-refractivity contribution in [3.05, 3.63) is 29.3 Å². The third-order valence-electron chi connectivity index (χ3n) is 3.62. The Bertz CT molecular complexity index is 434. The molecule has 19 heavy (non-hydrogen) atoms. The second kappa shape index (κ2) is 6.30. The van der Waals surface area contributed by atoms with Gasteiger partial charge in [0.1, 0.15) is 5.82 Å². The number of piperazine rings is 1. The molecule has 0 aliphatic carbocycles. The Kier molecular flexibility index (Phi) is 4.71. The minimum Gasteiger partial charge on any atom is -0.494 e. The van der Waals surface area contributed by atoms with Crippen LogP contribution in [0.4, 0.5) is 8.78 Å². The van der Waals surface area contributed by atoms with Crippen LogP contribution in [0.1, 0.15) is 24.9 Å². The summed E-state index contributed by atoms with van der Waals surface area (Å²) in [5.74, 6) is -0.971. The van der Waals surface area contributed by atoms with E-state index in [1.165, 1.54) is 19.2 Å². The smallest absolute Gasteiger partial charge is 0.172 e. The number of hydrogen-bond acceptors (Lipinski definition) is 3. The van der Waals surface area contributed by atoms with Crippen molar-refractivity contribution in [2.45, 2.75) is 19.4 Å². The molecule has 1 atom stereocenters. The standard InChI is InChI=1S/C14H20F2N2O/c1-3-11(18-8-6-17-7-9-18)13-10(15)4-5-12(19-2)14(13)16/h4-5,11,17H,3,6-9H2,1-2H3/t11-/m1/s1. The van der Waals surface area contributed by atoms with Crippen molar-refractivity contribution < 1.29 is 13.5 Å². The molecule has 0 bridgehead atoms. The maximum atomic E-state index is 14.3. The minimum atomic E-state index is -0.576. The number of halogens is 2. The van der Waals surface area contributed by atoms with Crippen LogP contribution in [-0.4, -0.2) is 38.2 Å². The Hall–Kier alpha value is -1.20. The van der Waals surface area contributed by atoms with Gasteiger partial charge in [0.2, 0.25) is 0 Å². The third kappa shape index (κ3) is 2.87. The van der Waals surface area contributed by atoms with Crippen molar-refractivity contribution in [3.8, 4) is 5.75 Å². The molecule has 1 aromatic rings. The van der Waals surface area contributed by atoms with E-state index in [1.807, 2.05) is 6.92 Å². The highest BCUT2D eigenvalue weighted by Crippen LogP contribution is 2.33. The van der Waals surface area contributed by atoms with Crippen molar-refractivity contribution in [1.29, 1.82) is 0 Å². The van der Waals surface area contributed by atoms with Crippen LogP contribution in [-0.2, 0) is 0 Å². The second-order valence-corrected chi connectivity index (χ2v) is 4.69. The summed E-state index contributed by atoms with van der Waals surface area (Å²) in [4.78, 5) is 2.12. The molecule has 1 aromatic carbocycles. The maximum absolute atomic E-state index is 14.3. The molecule has 2 rings (SSSR count). The highest BCUT2D eigenvalue weighted by Gasteiger charge is 2.27. The van der Waals surface area contributed by atoms with Gasteiger partial charge >= 0.3 is 0 Å². The zero-order chi connectivity index (χ0) is 13.8. The van der Waals surface area contributed by atoms with Crippen LogP contribution in [0.3, 0.4) is 0 Å². The molecule has 5 heteroatoms. The van der Waals surface area contributed by atoms with Crippen molar-refractivity contribution in [1.82, 2.24) is 10.2 Å². The Morgan fingerprint density at radius 2 is 2.00 bits per heavy atom. The summed E-state index contributed by atoms with van der Waals surface area (Å²) in [6.07, 6.45) is 0.668. The van der Waals surface area contributed by atoms with Gasteiger partial charge in [-0.3, -0.25) is 4.90 Å². The second-order valence-electron chi connectivity index (χ2n) is 4.69. The average molecular weight is 270 g/mol. The van der Waals surface area contributed by atoms with Gasteiger partial charge in [-0.2, -0.15) is 0 Å². The lowest BCUT2D eigenvalue weighted by molar-refractivity contribution is 0.162. The van der Waals surface area contributed by atoms with Crippen LogP contribution in [0, 0.1) is 11.6 Å². The van der Waals surface area contributed by atoms with E-state index in [0.29, 0.717) is 6.42 Å². The van der Waals surface area contributed by atoms with E-state index in [9.17, 15) is 8.78 Å². The predicted octanol–water partition coefficient (Wildman–Crippen LogP) is 2.33. The van der Waals surface area contributed by atoms with Gasteiger partial charge in [0, 0.05) is 37.8 Å². The number of rotatable bonds is 4. The quantitative estimate of drug-likeness (QED) is 0.909. The fourth-order valence-corrected chi connectivity index (χ4v) is 2.65. The third-order valence-corrected chi connectivity index (χ3v) is 3.62. The Morgan fingerprint density at radius 3 is 2.58 bits per heavy atom. The molecule has 0 aromatic heterocycles. The summed E-state index contributed by atoms with van der Waals surface area (Å²) in [7, 11) is 1.39. The molecule has 1 aliphatic heterocycles. The summed E-state index contributed by atoms with van der Waals surface area (Å²) in [5, 5.41) is 3.24. The van der Waals surface area contributed by atoms with Gasteiger partial charge in [0.15, 0.2) is 11.6 Å². The number of ether oxygens (including phenoxy) is 1. The van der Waals surface area contributed by atoms with Gasteiger partial charge < -0.3 is 10.1 Å². The largest absolute Gasteiger partial charge is 0.494 e. The van der Waals surface area contributed by atoms with Crippen LogP contribution in [0.2, 0.25) is 0 Å². The molecule has 0 amide bonds. The number of methoxy groups -OCH3 is 1. The molecule has 1 saturated heterocycles. The lowest BCUT2D eigenvalue weighted by Gasteiger charge is -2.35. The number of hydrogen-bond donors (Lipinski definition) is 1. The SMILES string of the molecule is CC[C@H](c1c(F)ccc(OC)c1F)N1CCNCC1. The van der Waals surface area contributed by atoms with Crippen LogP contribution in [0.25, 0.3) is 0 Å². The number of benzene rings is 1. The fraction of sp³-hybridized carbons (Fsp3) is 0.571. The molecule has 1 N–H and O–H groups in total. The molecule has 1 aliphatic rings. The van der Waals surface area contributed by atoms with E-state index < -0.39 is 11.6 Å². The predicted molar refractivity (Wildman–Crippen MR) is 70.4 cm³/mol. The minimum absolute atomic E-state index is 0.102. The van der Waals surface area contributed by atoms with Gasteiger partial charge in [-0.1, -0.05) is 6.92 Å². The van der Waals surface area contributed by atoms with E-state index in [0.717, 1.165) is 26.2 Å². The molecule has 1 fully saturated rings. The van der Waals surface area contributed by atoms with Crippen LogP contribution in [0.5, 0.6) is 5.75 Å². The number of nitrogens with one attached hydrogen (secondary N) is 1. The van der Waals surface area contributed by atoms with Crippen molar-refractivity contribution in [2.24, 2.45) is 0 Å². The summed E-state index contributed by atoms with van der Waals surface area (Å²) in [6, 6.07) is 2.37. The average Bonchev–Trinajstić information content (AvgIpc) is 2.44. The lowest BCUT2D eigenvalue weighted by atomic mass is 10.00. The van der Waals surface area contributed by atoms with Crippen LogP contribution < -0.4 is 10.1 Å². The first-order chi connectivity index (χ1) is 9.19. The van der Waals surface area contributed by atoms with E-state index in [-0.39, 0.29) is 17.4 Å². The summed E-state index contributed by atoms with van der Waals surface area (Å²) < 4.78 is 33.3. The van der Waals surface area contributed by atoms with E-state index >= 15 is 0 Å². The van der Waals surface area contributed by atoms with Gasteiger partial charge in [0.25, 0.3) is 0 Å². The Morgan fingerprint density at radius 1 is 1.32 bits per heavy atom. The van der Waals surface area contributed by atoms with Crippen molar-refractivity contribution in [3.63, 3.8) is 0 Å². The van der Waals surface area contributed by atoms with E-state index in [1.54, 1.807) is 0 Å². The lowest BCUT2D eigenvalue weighted by Crippen LogP contribution is -2.45. The summed E-state index contributed by atoms with van der Waals surface area (Å²) >= 11 is 0. The van der Waals surface area contributed by atoms with Gasteiger partial charge in [0.05, 0.1) is 7.11 Å². The topological polar surface area (TPSA) is 24.5 Å². The molecular formula is C14H20F2N2O. The van der Waals surface area contributed by atoms with Gasteiger partial charge in [-0.05, 0) is 18.6 Å². The Balaban J connectivity index is 2.36. The highest BCUT2D eigenvalue weighted by molar-refractivity contribution is 5.34. The van der Waals surface area contributed by atoms with Crippen LogP contribution >= 0.6 is 0 Å². The van der Waals surface area contributed by atoms with Gasteiger partial charge in [-0.25, -0.2) is 8.78 Å². The maximum Gasteiger partial charge on any atom is 0.172 e. The van der Waals surface area contributed by atoms with E-state index in [4.69, 9.17) is 4.74 Å². The number of nitrogens with zero attached hydrogens (tertiary/aromatic N) is 1. The molecule has 3 nitrogen and oxygen atoms in total. The summed E-state index contributed by atoms with van der Waals surface area (Å²) in [5.41, 5.74) is 0.128. The fourth-order valence-electron chi connectivity index (χ4n) is 2.65. The molecule has 0 unspecified atom stereocenters. The molecule has 0 radical (unpaired) electrons. The molecule has 106 valence electrons. The molecular weight excluding hydrogens is 250 g/mol. The first-order valence-electron chi connectivity index (χ1n) is 6.65. The monoisotopic (exact) mass is 270 g/mol. The molecule has 0 spiro atoms. The normalized spacial score (nSPS) is 18.3. The van der Waals surface area contributed by atoms with E-state index in [2.05, 4.69) is 10.2 Å².